The smallest absolute Gasteiger partial charge is 0.224 e. The number of rotatable bonds is 4. The second kappa shape index (κ2) is 10.2. The van der Waals surface area contributed by atoms with Crippen LogP contribution in [0.3, 0.4) is 0 Å². The number of likely N-dealkylation sites (N-methyl/N-ethyl adjacent to an activating group) is 1. The zero-order valence-electron chi connectivity index (χ0n) is 12.5. The first-order chi connectivity index (χ1) is 9.16. The van der Waals surface area contributed by atoms with Crippen LogP contribution in [0.5, 0.6) is 0 Å². The second-order valence-electron chi connectivity index (χ2n) is 5.41. The molecule has 2 aliphatic heterocycles. The van der Waals surface area contributed by atoms with E-state index >= 15 is 0 Å². The van der Waals surface area contributed by atoms with Crippen molar-refractivity contribution in [2.75, 3.05) is 52.9 Å². The highest BCUT2D eigenvalue weighted by Crippen LogP contribution is 2.07. The molecule has 6 nitrogen and oxygen atoms in total. The standard InChI is InChI=1S/C13H24N4O2.2ClH/c1-16-6-8-17(9-7-16)12(18)3-5-15-13(19)11-2-4-14-10-11;;/h11,14H,2-10H2,1H3,(H,15,19);2*1H. The third-order valence-corrected chi connectivity index (χ3v) is 3.93. The molecular formula is C13H26Cl2N4O2. The summed E-state index contributed by atoms with van der Waals surface area (Å²) in [5.41, 5.74) is 0. The van der Waals surface area contributed by atoms with Crippen LogP contribution in [-0.2, 0) is 9.59 Å². The lowest BCUT2D eigenvalue weighted by Crippen LogP contribution is -2.47. The fourth-order valence-electron chi connectivity index (χ4n) is 2.53. The lowest BCUT2D eigenvalue weighted by Gasteiger charge is -2.32. The van der Waals surface area contributed by atoms with E-state index in [1.54, 1.807) is 0 Å². The molecule has 1 unspecified atom stereocenters. The Hall–Kier alpha value is -0.560. The Labute approximate surface area is 138 Å². The number of piperazine rings is 1. The van der Waals surface area contributed by atoms with Crippen LogP contribution in [0.4, 0.5) is 0 Å². The van der Waals surface area contributed by atoms with Crippen molar-refractivity contribution in [3.8, 4) is 0 Å². The molecular weight excluding hydrogens is 315 g/mol. The normalized spacial score (nSPS) is 22.1. The van der Waals surface area contributed by atoms with Crippen molar-refractivity contribution in [2.24, 2.45) is 5.92 Å². The maximum Gasteiger partial charge on any atom is 0.224 e. The summed E-state index contributed by atoms with van der Waals surface area (Å²) in [4.78, 5) is 27.8. The number of carbonyl (C=O) groups is 2. The van der Waals surface area contributed by atoms with Crippen LogP contribution in [0.15, 0.2) is 0 Å². The fraction of sp³-hybridized carbons (Fsp3) is 0.846. The summed E-state index contributed by atoms with van der Waals surface area (Å²) in [6, 6.07) is 0. The van der Waals surface area contributed by atoms with Gasteiger partial charge in [0.2, 0.25) is 11.8 Å². The molecule has 2 heterocycles. The van der Waals surface area contributed by atoms with Crippen LogP contribution in [0.2, 0.25) is 0 Å². The van der Waals surface area contributed by atoms with E-state index < -0.39 is 0 Å². The van der Waals surface area contributed by atoms with Gasteiger partial charge >= 0.3 is 0 Å². The number of hydrogen-bond acceptors (Lipinski definition) is 4. The Morgan fingerprint density at radius 2 is 1.86 bits per heavy atom. The van der Waals surface area contributed by atoms with Gasteiger partial charge in [0.05, 0.1) is 5.92 Å². The van der Waals surface area contributed by atoms with Crippen molar-refractivity contribution in [1.29, 1.82) is 0 Å². The topological polar surface area (TPSA) is 64.7 Å². The molecule has 0 bridgehead atoms. The molecule has 0 aromatic heterocycles. The zero-order chi connectivity index (χ0) is 13.7. The summed E-state index contributed by atoms with van der Waals surface area (Å²) < 4.78 is 0. The summed E-state index contributed by atoms with van der Waals surface area (Å²) in [5.74, 6) is 0.313. The average molecular weight is 341 g/mol. The molecule has 1 atom stereocenters. The minimum absolute atomic E-state index is 0. The molecule has 0 aromatic carbocycles. The summed E-state index contributed by atoms with van der Waals surface area (Å²) >= 11 is 0. The van der Waals surface area contributed by atoms with Gasteiger partial charge in [-0.2, -0.15) is 0 Å². The van der Waals surface area contributed by atoms with E-state index in [1.165, 1.54) is 0 Å². The molecule has 0 spiro atoms. The van der Waals surface area contributed by atoms with Crippen molar-refractivity contribution in [2.45, 2.75) is 12.8 Å². The molecule has 0 aromatic rings. The summed E-state index contributed by atoms with van der Waals surface area (Å²) in [6.45, 7) is 5.61. The number of carbonyl (C=O) groups excluding carboxylic acids is 2. The Kier molecular flexibility index (Phi) is 9.94. The number of halogens is 2. The average Bonchev–Trinajstić information content (AvgIpc) is 2.93. The van der Waals surface area contributed by atoms with Crippen molar-refractivity contribution in [1.82, 2.24) is 20.4 Å². The van der Waals surface area contributed by atoms with Gasteiger partial charge in [-0.1, -0.05) is 0 Å². The van der Waals surface area contributed by atoms with Crippen molar-refractivity contribution < 1.29 is 9.59 Å². The highest BCUT2D eigenvalue weighted by Gasteiger charge is 2.23. The second-order valence-corrected chi connectivity index (χ2v) is 5.41. The quantitative estimate of drug-likeness (QED) is 0.738. The van der Waals surface area contributed by atoms with E-state index in [0.717, 1.165) is 45.7 Å². The van der Waals surface area contributed by atoms with Crippen LogP contribution in [0, 0.1) is 5.92 Å². The van der Waals surface area contributed by atoms with Gasteiger partial charge in [-0.25, -0.2) is 0 Å². The number of nitrogens with zero attached hydrogens (tertiary/aromatic N) is 2. The maximum atomic E-state index is 12.0. The number of amides is 2. The molecule has 21 heavy (non-hydrogen) atoms. The van der Waals surface area contributed by atoms with Gasteiger partial charge in [-0.05, 0) is 20.0 Å². The van der Waals surface area contributed by atoms with Gasteiger partial charge in [-0.3, -0.25) is 9.59 Å². The highest BCUT2D eigenvalue weighted by molar-refractivity contribution is 5.85. The lowest BCUT2D eigenvalue weighted by molar-refractivity contribution is -0.132. The number of hydrogen-bond donors (Lipinski definition) is 2. The van der Waals surface area contributed by atoms with Gasteiger partial charge in [0, 0.05) is 45.7 Å². The lowest BCUT2D eigenvalue weighted by atomic mass is 10.1. The first-order valence-corrected chi connectivity index (χ1v) is 7.11. The van der Waals surface area contributed by atoms with E-state index in [9.17, 15) is 9.59 Å². The van der Waals surface area contributed by atoms with Crippen LogP contribution in [0.1, 0.15) is 12.8 Å². The van der Waals surface area contributed by atoms with Gasteiger partial charge in [-0.15, -0.1) is 24.8 Å². The minimum atomic E-state index is 0. The number of nitrogens with one attached hydrogen (secondary N) is 2. The third-order valence-electron chi connectivity index (χ3n) is 3.93. The first kappa shape index (κ1) is 20.4. The molecule has 0 aliphatic carbocycles. The van der Waals surface area contributed by atoms with Gasteiger partial charge in [0.15, 0.2) is 0 Å². The summed E-state index contributed by atoms with van der Waals surface area (Å²) in [6.07, 6.45) is 1.31. The predicted octanol–water partition coefficient (Wildman–Crippen LogP) is -0.280. The van der Waals surface area contributed by atoms with E-state index in [0.29, 0.717) is 13.0 Å². The Balaban J connectivity index is 0.00000200. The monoisotopic (exact) mass is 340 g/mol. The summed E-state index contributed by atoms with van der Waals surface area (Å²) in [5, 5.41) is 6.03. The van der Waals surface area contributed by atoms with Gasteiger partial charge < -0.3 is 20.4 Å². The van der Waals surface area contributed by atoms with Gasteiger partial charge in [0.1, 0.15) is 0 Å². The van der Waals surface area contributed by atoms with Crippen LogP contribution >= 0.6 is 24.8 Å². The Morgan fingerprint density at radius 3 is 2.43 bits per heavy atom. The molecule has 0 saturated carbocycles. The molecule has 8 heteroatoms. The van der Waals surface area contributed by atoms with Crippen molar-refractivity contribution in [3.05, 3.63) is 0 Å². The van der Waals surface area contributed by atoms with Crippen molar-refractivity contribution in [3.63, 3.8) is 0 Å². The minimum Gasteiger partial charge on any atom is -0.355 e. The highest BCUT2D eigenvalue weighted by atomic mass is 35.5. The van der Waals surface area contributed by atoms with Crippen LogP contribution in [-0.4, -0.2) is 74.5 Å². The first-order valence-electron chi connectivity index (χ1n) is 7.11. The molecule has 2 amide bonds. The molecule has 2 rings (SSSR count). The van der Waals surface area contributed by atoms with E-state index in [2.05, 4.69) is 22.6 Å². The third kappa shape index (κ3) is 6.38. The maximum absolute atomic E-state index is 12.0. The molecule has 0 radical (unpaired) electrons. The Bertz CT molecular complexity index is 330. The zero-order valence-corrected chi connectivity index (χ0v) is 14.1. The predicted molar refractivity (Wildman–Crippen MR) is 87.2 cm³/mol. The van der Waals surface area contributed by atoms with Gasteiger partial charge in [0.25, 0.3) is 0 Å². The van der Waals surface area contributed by atoms with Crippen LogP contribution < -0.4 is 10.6 Å². The molecule has 124 valence electrons. The van der Waals surface area contributed by atoms with E-state index in [-0.39, 0.29) is 42.5 Å². The van der Waals surface area contributed by atoms with Crippen LogP contribution in [0.25, 0.3) is 0 Å². The molecule has 2 aliphatic rings. The fourth-order valence-corrected chi connectivity index (χ4v) is 2.53. The SMILES string of the molecule is CN1CCN(C(=O)CCNC(=O)C2CCNC2)CC1.Cl.Cl. The van der Waals surface area contributed by atoms with Crippen molar-refractivity contribution >= 4 is 36.6 Å². The molecule has 2 saturated heterocycles. The van der Waals surface area contributed by atoms with E-state index in [1.807, 2.05) is 4.90 Å². The largest absolute Gasteiger partial charge is 0.355 e. The van der Waals surface area contributed by atoms with E-state index in [4.69, 9.17) is 0 Å². The molecule has 2 fully saturated rings. The Morgan fingerprint density at radius 1 is 1.19 bits per heavy atom. The molecule has 2 N–H and O–H groups in total. The summed E-state index contributed by atoms with van der Waals surface area (Å²) in [7, 11) is 2.07.